The Balaban J connectivity index is 2.99. The Kier molecular flexibility index (Phi) is 4.08. The Morgan fingerprint density at radius 1 is 1.20 bits per heavy atom. The molecule has 1 aromatic carbocycles. The van der Waals surface area contributed by atoms with Gasteiger partial charge in [0.1, 0.15) is 0 Å². The first-order valence-electron chi connectivity index (χ1n) is 4.40. The Morgan fingerprint density at radius 2 is 1.87 bits per heavy atom. The molecule has 0 bridgehead atoms. The predicted molar refractivity (Wildman–Crippen MR) is 46.6 cm³/mol. The molecule has 0 spiro atoms. The molecule has 0 unspecified atom stereocenters. The molecule has 1 aromatic rings. The molecule has 5 heteroatoms. The van der Waals surface area contributed by atoms with Crippen molar-refractivity contribution in [2.24, 2.45) is 0 Å². The van der Waals surface area contributed by atoms with Crippen molar-refractivity contribution in [1.29, 1.82) is 0 Å². The van der Waals surface area contributed by atoms with Crippen LogP contribution in [0.1, 0.15) is 24.5 Å². The second-order valence-electron chi connectivity index (χ2n) is 2.88. The third kappa shape index (κ3) is 2.68. The van der Waals surface area contributed by atoms with E-state index < -0.39 is 23.6 Å². The molecule has 1 nitrogen and oxygen atoms in total. The molecule has 0 N–H and O–H groups in total. The lowest BCUT2D eigenvalue weighted by molar-refractivity contribution is 0.128. The average Bonchev–Trinajstić information content (AvgIpc) is 2.20. The topological polar surface area (TPSA) is 9.23 Å². The van der Waals surface area contributed by atoms with Gasteiger partial charge in [-0.25, -0.2) is 17.6 Å². The Bertz CT molecular complexity index is 338. The van der Waals surface area contributed by atoms with Gasteiger partial charge in [-0.15, -0.1) is 0 Å². The van der Waals surface area contributed by atoms with E-state index in [9.17, 15) is 17.6 Å². The fourth-order valence-corrected chi connectivity index (χ4v) is 1.10. The Morgan fingerprint density at radius 3 is 2.40 bits per heavy atom. The maximum atomic E-state index is 13.2. The quantitative estimate of drug-likeness (QED) is 0.709. The minimum atomic E-state index is -3.01. The zero-order chi connectivity index (χ0) is 11.4. The average molecular weight is 222 g/mol. The number of benzene rings is 1. The molecule has 0 atom stereocenters. The van der Waals surface area contributed by atoms with Crippen LogP contribution in [0.4, 0.5) is 17.6 Å². The van der Waals surface area contributed by atoms with Crippen LogP contribution in [0.3, 0.4) is 0 Å². The van der Waals surface area contributed by atoms with Gasteiger partial charge in [-0.05, 0) is 13.0 Å². The van der Waals surface area contributed by atoms with Crippen molar-refractivity contribution in [2.45, 2.75) is 20.0 Å². The van der Waals surface area contributed by atoms with Crippen molar-refractivity contribution in [2.75, 3.05) is 6.61 Å². The smallest absolute Gasteiger partial charge is 0.266 e. The molecule has 0 fully saturated rings. The minimum absolute atomic E-state index is 0.0567. The van der Waals surface area contributed by atoms with Gasteiger partial charge in [-0.1, -0.05) is 6.07 Å². The van der Waals surface area contributed by atoms with Crippen LogP contribution in [0.5, 0.6) is 0 Å². The van der Waals surface area contributed by atoms with Gasteiger partial charge >= 0.3 is 0 Å². The van der Waals surface area contributed by atoms with E-state index in [2.05, 4.69) is 0 Å². The summed E-state index contributed by atoms with van der Waals surface area (Å²) < 4.78 is 55.4. The van der Waals surface area contributed by atoms with Gasteiger partial charge in [-0.2, -0.15) is 0 Å². The van der Waals surface area contributed by atoms with E-state index in [-0.39, 0.29) is 12.2 Å². The molecule has 1 rings (SSSR count). The first kappa shape index (κ1) is 12.0. The molecule has 0 saturated heterocycles. The molecule has 84 valence electrons. The van der Waals surface area contributed by atoms with Crippen LogP contribution in [-0.2, 0) is 11.3 Å². The Hall–Kier alpha value is -1.10. The molecule has 15 heavy (non-hydrogen) atoms. The summed E-state index contributed by atoms with van der Waals surface area (Å²) in [7, 11) is 0. The molecule has 0 aliphatic rings. The zero-order valence-corrected chi connectivity index (χ0v) is 8.07. The molecule has 0 aliphatic heterocycles. The van der Waals surface area contributed by atoms with Crippen LogP contribution in [0.2, 0.25) is 0 Å². The lowest BCUT2D eigenvalue weighted by atomic mass is 10.1. The van der Waals surface area contributed by atoms with Crippen LogP contribution >= 0.6 is 0 Å². The summed E-state index contributed by atoms with van der Waals surface area (Å²) in [5, 5.41) is 0. The van der Waals surface area contributed by atoms with E-state index >= 15 is 0 Å². The first-order valence-corrected chi connectivity index (χ1v) is 4.40. The highest BCUT2D eigenvalue weighted by Crippen LogP contribution is 2.25. The second kappa shape index (κ2) is 5.11. The number of rotatable bonds is 4. The normalized spacial score (nSPS) is 11.1. The fraction of sp³-hybridized carbons (Fsp3) is 0.400. The number of hydrogen-bond donors (Lipinski definition) is 0. The van der Waals surface area contributed by atoms with Crippen molar-refractivity contribution in [3.05, 3.63) is 34.9 Å². The lowest BCUT2D eigenvalue weighted by Gasteiger charge is -2.07. The summed E-state index contributed by atoms with van der Waals surface area (Å²) in [5.41, 5.74) is -0.980. The SMILES string of the molecule is CCOCc1ccc(C(F)F)c(F)c1F. The van der Waals surface area contributed by atoms with Crippen LogP contribution in [0.15, 0.2) is 12.1 Å². The van der Waals surface area contributed by atoms with Crippen LogP contribution in [-0.4, -0.2) is 6.61 Å². The van der Waals surface area contributed by atoms with Crippen LogP contribution < -0.4 is 0 Å². The van der Waals surface area contributed by atoms with Crippen molar-refractivity contribution >= 4 is 0 Å². The first-order chi connectivity index (χ1) is 7.07. The maximum Gasteiger partial charge on any atom is 0.266 e. The van der Waals surface area contributed by atoms with Crippen LogP contribution in [0.25, 0.3) is 0 Å². The molecule has 0 aromatic heterocycles. The highest BCUT2D eigenvalue weighted by atomic mass is 19.3. The summed E-state index contributed by atoms with van der Waals surface area (Å²) >= 11 is 0. The molecule has 0 aliphatic carbocycles. The van der Waals surface area contributed by atoms with Gasteiger partial charge in [-0.3, -0.25) is 0 Å². The fourth-order valence-electron chi connectivity index (χ4n) is 1.10. The van der Waals surface area contributed by atoms with E-state index in [0.29, 0.717) is 6.61 Å². The summed E-state index contributed by atoms with van der Waals surface area (Å²) in [6, 6.07) is 1.98. The van der Waals surface area contributed by atoms with Gasteiger partial charge < -0.3 is 4.74 Å². The van der Waals surface area contributed by atoms with Crippen molar-refractivity contribution in [1.82, 2.24) is 0 Å². The second-order valence-corrected chi connectivity index (χ2v) is 2.88. The predicted octanol–water partition coefficient (Wildman–Crippen LogP) is 3.44. The number of alkyl halides is 2. The third-order valence-corrected chi connectivity index (χ3v) is 1.89. The van der Waals surface area contributed by atoms with Crippen molar-refractivity contribution in [3.63, 3.8) is 0 Å². The molecule has 0 saturated carbocycles. The van der Waals surface area contributed by atoms with Crippen molar-refractivity contribution in [3.8, 4) is 0 Å². The van der Waals surface area contributed by atoms with E-state index in [4.69, 9.17) is 4.74 Å². The van der Waals surface area contributed by atoms with Gasteiger partial charge in [0.25, 0.3) is 6.43 Å². The lowest BCUT2D eigenvalue weighted by Crippen LogP contribution is -2.02. The van der Waals surface area contributed by atoms with Gasteiger partial charge in [0.15, 0.2) is 11.6 Å². The van der Waals surface area contributed by atoms with E-state index in [1.165, 1.54) is 0 Å². The molecule has 0 heterocycles. The summed E-state index contributed by atoms with van der Waals surface area (Å²) in [4.78, 5) is 0. The van der Waals surface area contributed by atoms with Crippen molar-refractivity contribution < 1.29 is 22.3 Å². The maximum absolute atomic E-state index is 13.2. The summed E-state index contributed by atoms with van der Waals surface area (Å²) in [6.07, 6.45) is -3.01. The standard InChI is InChI=1S/C10H10F4O/c1-2-15-5-6-3-4-7(10(13)14)9(12)8(6)11/h3-4,10H,2,5H2,1H3. The summed E-state index contributed by atoms with van der Waals surface area (Å²) in [6.45, 7) is 1.92. The Labute approximate surface area is 84.7 Å². The van der Waals surface area contributed by atoms with Gasteiger partial charge in [0, 0.05) is 12.2 Å². The van der Waals surface area contributed by atoms with E-state index in [0.717, 1.165) is 12.1 Å². The van der Waals surface area contributed by atoms with E-state index in [1.54, 1.807) is 6.92 Å². The number of halogens is 4. The molecular formula is C10H10F4O. The van der Waals surface area contributed by atoms with Gasteiger partial charge in [0.05, 0.1) is 12.2 Å². The number of ether oxygens (including phenoxy) is 1. The largest absolute Gasteiger partial charge is 0.377 e. The number of hydrogen-bond acceptors (Lipinski definition) is 1. The zero-order valence-electron chi connectivity index (χ0n) is 8.07. The monoisotopic (exact) mass is 222 g/mol. The van der Waals surface area contributed by atoms with Crippen LogP contribution in [0, 0.1) is 11.6 Å². The molecule has 0 amide bonds. The highest BCUT2D eigenvalue weighted by Gasteiger charge is 2.19. The molecule has 0 radical (unpaired) electrons. The highest BCUT2D eigenvalue weighted by molar-refractivity contribution is 5.26. The minimum Gasteiger partial charge on any atom is -0.377 e. The summed E-state index contributed by atoms with van der Waals surface area (Å²) in [5.74, 6) is -2.76. The third-order valence-electron chi connectivity index (χ3n) is 1.89. The van der Waals surface area contributed by atoms with Gasteiger partial charge in [0.2, 0.25) is 0 Å². The molecular weight excluding hydrogens is 212 g/mol. The van der Waals surface area contributed by atoms with E-state index in [1.807, 2.05) is 0 Å².